The van der Waals surface area contributed by atoms with Crippen LogP contribution < -0.4 is 0 Å². The van der Waals surface area contributed by atoms with Gasteiger partial charge in [0.1, 0.15) is 0 Å². The van der Waals surface area contributed by atoms with Crippen LogP contribution in [-0.4, -0.2) is 49.7 Å². The first-order valence-electron chi connectivity index (χ1n) is 8.59. The Morgan fingerprint density at radius 3 is 2.00 bits per heavy atom. The van der Waals surface area contributed by atoms with Crippen LogP contribution in [0.25, 0.3) is 0 Å². The number of sulfonamides is 1. The number of hydrogen-bond acceptors (Lipinski definition) is 3. The zero-order valence-electron chi connectivity index (χ0n) is 15.0. The van der Waals surface area contributed by atoms with Gasteiger partial charge in [0.2, 0.25) is 15.9 Å². The predicted octanol–water partition coefficient (Wildman–Crippen LogP) is 2.37. The maximum Gasteiger partial charge on any atom is 0.243 e. The van der Waals surface area contributed by atoms with Crippen molar-refractivity contribution in [3.8, 4) is 0 Å². The molecule has 2 rings (SSSR count). The molecule has 1 saturated heterocycles. The summed E-state index contributed by atoms with van der Waals surface area (Å²) in [5.74, 6) is 0.575. The third kappa shape index (κ3) is 4.36. The van der Waals surface area contributed by atoms with E-state index in [1.807, 2.05) is 26.0 Å². The predicted molar refractivity (Wildman–Crippen MR) is 95.2 cm³/mol. The molecule has 0 bridgehead atoms. The van der Waals surface area contributed by atoms with Gasteiger partial charge in [0.15, 0.2) is 0 Å². The minimum absolute atomic E-state index is 0.0540. The van der Waals surface area contributed by atoms with E-state index in [1.165, 1.54) is 4.31 Å². The van der Waals surface area contributed by atoms with Crippen LogP contribution in [0.2, 0.25) is 0 Å². The molecule has 0 saturated carbocycles. The van der Waals surface area contributed by atoms with Crippen LogP contribution in [0.15, 0.2) is 29.2 Å². The molecular formula is C18H28N2O3S. The van der Waals surface area contributed by atoms with Crippen molar-refractivity contribution in [2.45, 2.75) is 39.0 Å². The van der Waals surface area contributed by atoms with E-state index in [4.69, 9.17) is 0 Å². The summed E-state index contributed by atoms with van der Waals surface area (Å²) in [6, 6.07) is 7.17. The van der Waals surface area contributed by atoms with Crippen LogP contribution >= 0.6 is 0 Å². The van der Waals surface area contributed by atoms with Gasteiger partial charge in [-0.05, 0) is 30.0 Å². The van der Waals surface area contributed by atoms with Gasteiger partial charge in [0.05, 0.1) is 4.90 Å². The molecule has 134 valence electrons. The molecule has 1 heterocycles. The lowest BCUT2D eigenvalue weighted by atomic mass is 10.0. The summed E-state index contributed by atoms with van der Waals surface area (Å²) >= 11 is 0. The number of rotatable bonds is 5. The fraction of sp³-hybridized carbons (Fsp3) is 0.611. The minimum Gasteiger partial charge on any atom is -0.340 e. The van der Waals surface area contributed by atoms with Crippen LogP contribution in [0.5, 0.6) is 0 Å². The second-order valence-corrected chi connectivity index (χ2v) is 9.06. The van der Waals surface area contributed by atoms with Gasteiger partial charge in [0, 0.05) is 32.1 Å². The van der Waals surface area contributed by atoms with Gasteiger partial charge in [-0.2, -0.15) is 4.31 Å². The smallest absolute Gasteiger partial charge is 0.243 e. The van der Waals surface area contributed by atoms with E-state index in [1.54, 1.807) is 17.0 Å². The lowest BCUT2D eigenvalue weighted by molar-refractivity contribution is -0.135. The van der Waals surface area contributed by atoms with Crippen molar-refractivity contribution in [3.05, 3.63) is 29.8 Å². The van der Waals surface area contributed by atoms with Crippen LogP contribution in [0, 0.1) is 11.8 Å². The first kappa shape index (κ1) is 18.9. The molecule has 0 N–H and O–H groups in total. The second-order valence-electron chi connectivity index (χ2n) is 7.13. The largest absolute Gasteiger partial charge is 0.340 e. The highest BCUT2D eigenvalue weighted by Crippen LogP contribution is 2.20. The third-order valence-electron chi connectivity index (χ3n) is 4.25. The van der Waals surface area contributed by atoms with E-state index >= 15 is 0 Å². The molecule has 1 amide bonds. The van der Waals surface area contributed by atoms with E-state index in [9.17, 15) is 13.2 Å². The van der Waals surface area contributed by atoms with Gasteiger partial charge in [-0.3, -0.25) is 4.79 Å². The molecule has 0 atom stereocenters. The van der Waals surface area contributed by atoms with Gasteiger partial charge in [0.25, 0.3) is 0 Å². The SMILES string of the molecule is CC(C)Cc1ccc(S(=O)(=O)N2CCN(C(=O)C(C)C)CC2)cc1. The first-order valence-corrected chi connectivity index (χ1v) is 10.0. The van der Waals surface area contributed by atoms with E-state index in [0.29, 0.717) is 37.0 Å². The minimum atomic E-state index is -3.48. The third-order valence-corrected chi connectivity index (χ3v) is 6.16. The number of hydrogen-bond donors (Lipinski definition) is 0. The molecule has 0 radical (unpaired) electrons. The number of nitrogens with zero attached hydrogens (tertiary/aromatic N) is 2. The maximum atomic E-state index is 12.8. The Hall–Kier alpha value is -1.40. The normalized spacial score (nSPS) is 16.8. The molecule has 1 aliphatic heterocycles. The number of benzene rings is 1. The highest BCUT2D eigenvalue weighted by Gasteiger charge is 2.30. The number of amides is 1. The molecule has 6 heteroatoms. The van der Waals surface area contributed by atoms with Crippen molar-refractivity contribution in [3.63, 3.8) is 0 Å². The molecule has 24 heavy (non-hydrogen) atoms. The quantitative estimate of drug-likeness (QED) is 0.817. The van der Waals surface area contributed by atoms with Crippen molar-refractivity contribution in [2.75, 3.05) is 26.2 Å². The van der Waals surface area contributed by atoms with E-state index < -0.39 is 10.0 Å². The van der Waals surface area contributed by atoms with E-state index in [0.717, 1.165) is 12.0 Å². The zero-order chi connectivity index (χ0) is 17.9. The number of carbonyl (C=O) groups is 1. The highest BCUT2D eigenvalue weighted by atomic mass is 32.2. The summed E-state index contributed by atoms with van der Waals surface area (Å²) in [6.45, 7) is 9.64. The Kier molecular flexibility index (Phi) is 6.04. The molecule has 5 nitrogen and oxygen atoms in total. The molecule has 0 aromatic heterocycles. The molecule has 1 aromatic rings. The summed E-state index contributed by atoms with van der Waals surface area (Å²) in [5.41, 5.74) is 1.15. The fourth-order valence-corrected chi connectivity index (χ4v) is 4.35. The number of carbonyl (C=O) groups excluding carboxylic acids is 1. The summed E-state index contributed by atoms with van der Waals surface area (Å²) < 4.78 is 27.0. The average molecular weight is 353 g/mol. The molecule has 1 aliphatic rings. The first-order chi connectivity index (χ1) is 11.2. The summed E-state index contributed by atoms with van der Waals surface area (Å²) in [5, 5.41) is 0. The molecular weight excluding hydrogens is 324 g/mol. The Morgan fingerprint density at radius 2 is 1.54 bits per heavy atom. The maximum absolute atomic E-state index is 12.8. The van der Waals surface area contributed by atoms with E-state index in [-0.39, 0.29) is 11.8 Å². The summed E-state index contributed by atoms with van der Waals surface area (Å²) in [6.07, 6.45) is 0.941. The van der Waals surface area contributed by atoms with Crippen molar-refractivity contribution >= 4 is 15.9 Å². The average Bonchev–Trinajstić information content (AvgIpc) is 2.54. The highest BCUT2D eigenvalue weighted by molar-refractivity contribution is 7.89. The Labute approximate surface area is 145 Å². The second kappa shape index (κ2) is 7.66. The molecule has 0 spiro atoms. The number of piperazine rings is 1. The molecule has 1 fully saturated rings. The standard InChI is InChI=1S/C18H28N2O3S/c1-14(2)13-16-5-7-17(8-6-16)24(22,23)20-11-9-19(10-12-20)18(21)15(3)4/h5-8,14-15H,9-13H2,1-4H3. The monoisotopic (exact) mass is 352 g/mol. The van der Waals surface area contributed by atoms with Gasteiger partial charge in [-0.1, -0.05) is 39.8 Å². The zero-order valence-corrected chi connectivity index (χ0v) is 15.8. The van der Waals surface area contributed by atoms with Crippen molar-refractivity contribution in [1.82, 2.24) is 9.21 Å². The van der Waals surface area contributed by atoms with Crippen molar-refractivity contribution in [1.29, 1.82) is 0 Å². The van der Waals surface area contributed by atoms with Gasteiger partial charge >= 0.3 is 0 Å². The van der Waals surface area contributed by atoms with Crippen LogP contribution in [0.3, 0.4) is 0 Å². The van der Waals surface area contributed by atoms with Crippen LogP contribution in [0.4, 0.5) is 0 Å². The van der Waals surface area contributed by atoms with E-state index in [2.05, 4.69) is 13.8 Å². The Morgan fingerprint density at radius 1 is 1.00 bits per heavy atom. The van der Waals surface area contributed by atoms with Gasteiger partial charge in [-0.15, -0.1) is 0 Å². The summed E-state index contributed by atoms with van der Waals surface area (Å²) in [7, 11) is -3.48. The van der Waals surface area contributed by atoms with Crippen LogP contribution in [-0.2, 0) is 21.2 Å². The Bertz CT molecular complexity index is 658. The molecule has 0 unspecified atom stereocenters. The van der Waals surface area contributed by atoms with Gasteiger partial charge < -0.3 is 4.90 Å². The van der Waals surface area contributed by atoms with Crippen molar-refractivity contribution < 1.29 is 13.2 Å². The molecule has 0 aliphatic carbocycles. The van der Waals surface area contributed by atoms with Gasteiger partial charge in [-0.25, -0.2) is 8.42 Å². The van der Waals surface area contributed by atoms with Crippen LogP contribution in [0.1, 0.15) is 33.3 Å². The fourth-order valence-electron chi connectivity index (χ4n) is 2.93. The lowest BCUT2D eigenvalue weighted by Crippen LogP contribution is -2.51. The summed E-state index contributed by atoms with van der Waals surface area (Å²) in [4.78, 5) is 14.1. The van der Waals surface area contributed by atoms with Crippen molar-refractivity contribution in [2.24, 2.45) is 11.8 Å². The Balaban J connectivity index is 2.05. The topological polar surface area (TPSA) is 57.7 Å². The lowest BCUT2D eigenvalue weighted by Gasteiger charge is -2.34. The molecule has 1 aromatic carbocycles.